The zero-order chi connectivity index (χ0) is 11.9. The number of ketones is 1. The Labute approximate surface area is 103 Å². The van der Waals surface area contributed by atoms with Gasteiger partial charge in [0, 0.05) is 0 Å². The third-order valence-electron chi connectivity index (χ3n) is 3.08. The Morgan fingerprint density at radius 3 is 2.65 bits per heavy atom. The topological polar surface area (TPSA) is 17.1 Å². The Balaban J connectivity index is 1.66. The zero-order valence-corrected chi connectivity index (χ0v) is 10.1. The first-order valence-corrected chi connectivity index (χ1v) is 6.30. The molecule has 0 spiro atoms. The molecule has 1 aromatic carbocycles. The number of aryl methyl sites for hydroxylation is 1. The minimum absolute atomic E-state index is 0.202. The van der Waals surface area contributed by atoms with Crippen molar-refractivity contribution < 1.29 is 4.79 Å². The van der Waals surface area contributed by atoms with Gasteiger partial charge in [0.25, 0.3) is 0 Å². The van der Waals surface area contributed by atoms with Crippen LogP contribution in [0.4, 0.5) is 0 Å². The average Bonchev–Trinajstić information content (AvgIpc) is 2.76. The molecule has 0 heterocycles. The summed E-state index contributed by atoms with van der Waals surface area (Å²) in [7, 11) is 0. The molecule has 1 aliphatic carbocycles. The van der Waals surface area contributed by atoms with E-state index in [0.717, 1.165) is 31.3 Å². The molecule has 0 saturated carbocycles. The molecule has 0 atom stereocenters. The second kappa shape index (κ2) is 6.19. The van der Waals surface area contributed by atoms with Crippen LogP contribution in [0.15, 0.2) is 54.1 Å². The number of benzene rings is 1. The molecule has 0 saturated heterocycles. The van der Waals surface area contributed by atoms with Crippen LogP contribution in [0.1, 0.15) is 31.2 Å². The van der Waals surface area contributed by atoms with Crippen molar-refractivity contribution in [3.63, 3.8) is 0 Å². The summed E-state index contributed by atoms with van der Waals surface area (Å²) in [5.74, 6) is 0.202. The van der Waals surface area contributed by atoms with Gasteiger partial charge in [0.15, 0.2) is 5.78 Å². The third kappa shape index (κ3) is 3.70. The van der Waals surface area contributed by atoms with Crippen molar-refractivity contribution in [1.82, 2.24) is 0 Å². The maximum atomic E-state index is 11.3. The Hall–Kier alpha value is -1.63. The van der Waals surface area contributed by atoms with Crippen molar-refractivity contribution in [2.75, 3.05) is 0 Å². The molecule has 0 bridgehead atoms. The highest BCUT2D eigenvalue weighted by Crippen LogP contribution is 2.15. The van der Waals surface area contributed by atoms with E-state index in [9.17, 15) is 4.79 Å². The molecular weight excluding hydrogens is 208 g/mol. The number of carbonyl (C=O) groups is 1. The molecular formula is C16H18O. The zero-order valence-electron chi connectivity index (χ0n) is 10.1. The number of carbonyl (C=O) groups excluding carboxylic acids is 1. The van der Waals surface area contributed by atoms with Gasteiger partial charge in [-0.1, -0.05) is 42.5 Å². The van der Waals surface area contributed by atoms with E-state index in [-0.39, 0.29) is 5.78 Å². The normalized spacial score (nSPS) is 16.9. The van der Waals surface area contributed by atoms with Gasteiger partial charge >= 0.3 is 0 Å². The molecule has 1 heteroatoms. The van der Waals surface area contributed by atoms with Crippen LogP contribution in [-0.4, -0.2) is 5.78 Å². The fourth-order valence-electron chi connectivity index (χ4n) is 2.08. The van der Waals surface area contributed by atoms with E-state index in [1.807, 2.05) is 12.1 Å². The molecule has 0 aromatic heterocycles. The third-order valence-corrected chi connectivity index (χ3v) is 3.08. The van der Waals surface area contributed by atoms with E-state index in [1.54, 1.807) is 6.08 Å². The van der Waals surface area contributed by atoms with Crippen LogP contribution in [0.25, 0.3) is 0 Å². The number of hydrogen-bond donors (Lipinski definition) is 0. The van der Waals surface area contributed by atoms with E-state index in [4.69, 9.17) is 0 Å². The lowest BCUT2D eigenvalue weighted by molar-refractivity contribution is -0.111. The van der Waals surface area contributed by atoms with Gasteiger partial charge in [-0.25, -0.2) is 0 Å². The van der Waals surface area contributed by atoms with Crippen LogP contribution in [-0.2, 0) is 11.2 Å². The van der Waals surface area contributed by atoms with Gasteiger partial charge in [0.2, 0.25) is 0 Å². The highest BCUT2D eigenvalue weighted by molar-refractivity contribution is 6.06. The lowest BCUT2D eigenvalue weighted by atomic mass is 10.1. The molecule has 0 aliphatic heterocycles. The van der Waals surface area contributed by atoms with Gasteiger partial charge in [-0.2, -0.15) is 0 Å². The van der Waals surface area contributed by atoms with E-state index in [0.29, 0.717) is 0 Å². The van der Waals surface area contributed by atoms with E-state index >= 15 is 0 Å². The molecule has 2 rings (SSSR count). The predicted octanol–water partition coefficient (Wildman–Crippen LogP) is 3.85. The molecule has 1 aliphatic rings. The van der Waals surface area contributed by atoms with Crippen molar-refractivity contribution in [2.24, 2.45) is 0 Å². The second-order valence-corrected chi connectivity index (χ2v) is 4.43. The second-order valence-electron chi connectivity index (χ2n) is 4.43. The van der Waals surface area contributed by atoms with Crippen LogP contribution in [0.3, 0.4) is 0 Å². The van der Waals surface area contributed by atoms with Crippen LogP contribution in [0.5, 0.6) is 0 Å². The van der Waals surface area contributed by atoms with Gasteiger partial charge in [-0.15, -0.1) is 0 Å². The first kappa shape index (κ1) is 11.8. The highest BCUT2D eigenvalue weighted by atomic mass is 16.1. The van der Waals surface area contributed by atoms with Crippen LogP contribution in [0.2, 0.25) is 0 Å². The first-order valence-electron chi connectivity index (χ1n) is 6.30. The number of rotatable bonds is 5. The first-order chi connectivity index (χ1) is 8.36. The Morgan fingerprint density at radius 2 is 1.94 bits per heavy atom. The summed E-state index contributed by atoms with van der Waals surface area (Å²) < 4.78 is 0. The van der Waals surface area contributed by atoms with Gasteiger partial charge in [0.05, 0.1) is 0 Å². The Bertz CT molecular complexity index is 426. The van der Waals surface area contributed by atoms with E-state index in [1.165, 1.54) is 12.0 Å². The standard InChI is InChI=1S/C16H18O/c17-16-13-7-12-15(16)11-6-2-5-10-14-8-3-1-4-9-14/h1,3-4,7-9,11,13H,2,5-6,10,12H2/b15-11+. The molecule has 0 amide bonds. The summed E-state index contributed by atoms with van der Waals surface area (Å²) in [4.78, 5) is 11.3. The highest BCUT2D eigenvalue weighted by Gasteiger charge is 2.09. The van der Waals surface area contributed by atoms with Crippen molar-refractivity contribution in [1.29, 1.82) is 0 Å². The maximum Gasteiger partial charge on any atom is 0.181 e. The summed E-state index contributed by atoms with van der Waals surface area (Å²) in [6.45, 7) is 0. The lowest BCUT2D eigenvalue weighted by Gasteiger charge is -2.00. The van der Waals surface area contributed by atoms with Gasteiger partial charge in [-0.3, -0.25) is 4.79 Å². The Kier molecular flexibility index (Phi) is 4.31. The van der Waals surface area contributed by atoms with Crippen LogP contribution in [0, 0.1) is 0 Å². The molecule has 0 radical (unpaired) electrons. The molecule has 17 heavy (non-hydrogen) atoms. The summed E-state index contributed by atoms with van der Waals surface area (Å²) in [5, 5.41) is 0. The lowest BCUT2D eigenvalue weighted by Crippen LogP contribution is -1.91. The fraction of sp³-hybridized carbons (Fsp3) is 0.312. The molecule has 88 valence electrons. The maximum absolute atomic E-state index is 11.3. The minimum atomic E-state index is 0.202. The van der Waals surface area contributed by atoms with Crippen molar-refractivity contribution in [3.8, 4) is 0 Å². The monoisotopic (exact) mass is 226 g/mol. The fourth-order valence-corrected chi connectivity index (χ4v) is 2.08. The molecule has 1 aromatic rings. The molecule has 0 N–H and O–H groups in total. The van der Waals surface area contributed by atoms with Crippen LogP contribution < -0.4 is 0 Å². The summed E-state index contributed by atoms with van der Waals surface area (Å²) in [6, 6.07) is 10.6. The van der Waals surface area contributed by atoms with Crippen LogP contribution >= 0.6 is 0 Å². The smallest absolute Gasteiger partial charge is 0.181 e. The van der Waals surface area contributed by atoms with Gasteiger partial charge < -0.3 is 0 Å². The number of unbranched alkanes of at least 4 members (excludes halogenated alkanes) is 2. The van der Waals surface area contributed by atoms with Crippen molar-refractivity contribution in [2.45, 2.75) is 32.1 Å². The SMILES string of the molecule is O=C1C=CC/C1=C\CCCCc1ccccc1. The summed E-state index contributed by atoms with van der Waals surface area (Å²) >= 11 is 0. The van der Waals surface area contributed by atoms with Gasteiger partial charge in [-0.05, 0) is 49.3 Å². The quantitative estimate of drug-likeness (QED) is 0.550. The molecule has 1 nitrogen and oxygen atoms in total. The van der Waals surface area contributed by atoms with Crippen molar-refractivity contribution in [3.05, 3.63) is 59.7 Å². The van der Waals surface area contributed by atoms with E-state index in [2.05, 4.69) is 30.3 Å². The average molecular weight is 226 g/mol. The Morgan fingerprint density at radius 1 is 1.12 bits per heavy atom. The summed E-state index contributed by atoms with van der Waals surface area (Å²) in [5.41, 5.74) is 2.38. The number of allylic oxidation sites excluding steroid dienone is 4. The van der Waals surface area contributed by atoms with Gasteiger partial charge in [0.1, 0.15) is 0 Å². The molecule has 0 unspecified atom stereocenters. The minimum Gasteiger partial charge on any atom is -0.290 e. The van der Waals surface area contributed by atoms with Crippen molar-refractivity contribution >= 4 is 5.78 Å². The van der Waals surface area contributed by atoms with E-state index < -0.39 is 0 Å². The number of hydrogen-bond acceptors (Lipinski definition) is 1. The summed E-state index contributed by atoms with van der Waals surface area (Å²) in [6.07, 6.45) is 11.1. The molecule has 0 fully saturated rings. The largest absolute Gasteiger partial charge is 0.290 e. The predicted molar refractivity (Wildman–Crippen MR) is 70.8 cm³/mol.